The maximum absolute atomic E-state index is 5.21. The Bertz CT molecular complexity index is 284. The van der Waals surface area contributed by atoms with Gasteiger partial charge in [0.15, 0.2) is 0 Å². The van der Waals surface area contributed by atoms with Gasteiger partial charge in [0.25, 0.3) is 0 Å². The van der Waals surface area contributed by atoms with E-state index in [9.17, 15) is 0 Å². The van der Waals surface area contributed by atoms with E-state index in [2.05, 4.69) is 37.8 Å². The van der Waals surface area contributed by atoms with Crippen LogP contribution in [0.2, 0.25) is 0 Å². The van der Waals surface area contributed by atoms with Crippen LogP contribution in [0.1, 0.15) is 5.56 Å². The van der Waals surface area contributed by atoms with Crippen LogP contribution in [0, 0.1) is 12.3 Å². The van der Waals surface area contributed by atoms with Crippen molar-refractivity contribution in [3.05, 3.63) is 32.7 Å². The van der Waals surface area contributed by atoms with E-state index in [4.69, 9.17) is 6.42 Å². The van der Waals surface area contributed by atoms with Gasteiger partial charge in [-0.2, -0.15) is 0 Å². The zero-order valence-electron chi connectivity index (χ0n) is 5.07. The lowest BCUT2D eigenvalue weighted by molar-refractivity contribution is 1.55. The Morgan fingerprint density at radius 2 is 2.00 bits per heavy atom. The van der Waals surface area contributed by atoms with Crippen LogP contribution in [0.3, 0.4) is 0 Å². The minimum atomic E-state index is 0.878. The summed E-state index contributed by atoms with van der Waals surface area (Å²) in [4.78, 5) is 0. The van der Waals surface area contributed by atoms with E-state index in [1.807, 2.05) is 18.2 Å². The molecule has 0 heterocycles. The number of hydrogen-bond donors (Lipinski definition) is 0. The van der Waals surface area contributed by atoms with Crippen LogP contribution in [0.25, 0.3) is 0 Å². The van der Waals surface area contributed by atoms with Gasteiger partial charge < -0.3 is 0 Å². The lowest BCUT2D eigenvalue weighted by Crippen LogP contribution is -1.75. The molecule has 0 unspecified atom stereocenters. The molecular formula is C8H4Br2. The number of hydrogen-bond acceptors (Lipinski definition) is 0. The minimum absolute atomic E-state index is 0.878. The monoisotopic (exact) mass is 258 g/mol. The van der Waals surface area contributed by atoms with Crippen LogP contribution >= 0.6 is 31.9 Å². The molecule has 0 N–H and O–H groups in total. The quantitative estimate of drug-likeness (QED) is 0.628. The van der Waals surface area contributed by atoms with Crippen molar-refractivity contribution in [2.75, 3.05) is 0 Å². The summed E-state index contributed by atoms with van der Waals surface area (Å²) >= 11 is 6.66. The van der Waals surface area contributed by atoms with Gasteiger partial charge in [0, 0.05) is 14.5 Å². The summed E-state index contributed by atoms with van der Waals surface area (Å²) in [5.74, 6) is 2.55. The van der Waals surface area contributed by atoms with Gasteiger partial charge in [0.05, 0.1) is 0 Å². The second-order valence-corrected chi connectivity index (χ2v) is 3.54. The Balaban J connectivity index is 3.23. The zero-order valence-corrected chi connectivity index (χ0v) is 8.24. The fourth-order valence-electron chi connectivity index (χ4n) is 0.607. The van der Waals surface area contributed by atoms with Crippen LogP contribution in [-0.2, 0) is 0 Å². The largest absolute Gasteiger partial charge is 0.115 e. The van der Waals surface area contributed by atoms with Gasteiger partial charge in [-0.05, 0) is 34.1 Å². The van der Waals surface area contributed by atoms with Gasteiger partial charge in [0.1, 0.15) is 0 Å². The maximum atomic E-state index is 5.21. The molecule has 0 aliphatic carbocycles. The minimum Gasteiger partial charge on any atom is -0.115 e. The molecule has 0 nitrogen and oxygen atoms in total. The van der Waals surface area contributed by atoms with Crippen LogP contribution < -0.4 is 0 Å². The standard InChI is InChI=1S/C8H4Br2/c1-2-6-3-4-7(9)5-8(6)10/h1,3-5H. The topological polar surface area (TPSA) is 0 Å². The second kappa shape index (κ2) is 3.23. The summed E-state index contributed by atoms with van der Waals surface area (Å²) in [6.45, 7) is 0. The highest BCUT2D eigenvalue weighted by atomic mass is 79.9. The average molecular weight is 260 g/mol. The summed E-state index contributed by atoms with van der Waals surface area (Å²) in [6, 6.07) is 5.73. The molecule has 0 radical (unpaired) electrons. The number of terminal acetylenes is 1. The molecule has 1 rings (SSSR count). The van der Waals surface area contributed by atoms with Crippen LogP contribution in [0.4, 0.5) is 0 Å². The Kier molecular flexibility index (Phi) is 2.53. The molecule has 0 aliphatic heterocycles. The molecule has 0 saturated carbocycles. The van der Waals surface area contributed by atoms with Gasteiger partial charge in [-0.1, -0.05) is 21.9 Å². The molecule has 0 saturated heterocycles. The molecule has 2 heteroatoms. The third kappa shape index (κ3) is 1.62. The Labute approximate surface area is 76.9 Å². The van der Waals surface area contributed by atoms with Crippen LogP contribution in [0.5, 0.6) is 0 Å². The third-order valence-electron chi connectivity index (χ3n) is 1.09. The fraction of sp³-hybridized carbons (Fsp3) is 0. The van der Waals surface area contributed by atoms with Crippen molar-refractivity contribution in [1.82, 2.24) is 0 Å². The lowest BCUT2D eigenvalue weighted by atomic mass is 10.2. The van der Waals surface area contributed by atoms with Crippen LogP contribution in [0.15, 0.2) is 27.1 Å². The molecule has 10 heavy (non-hydrogen) atoms. The number of rotatable bonds is 0. The predicted octanol–water partition coefficient (Wildman–Crippen LogP) is 3.19. The van der Waals surface area contributed by atoms with Crippen molar-refractivity contribution in [2.24, 2.45) is 0 Å². The fourth-order valence-corrected chi connectivity index (χ4v) is 1.77. The van der Waals surface area contributed by atoms with Crippen molar-refractivity contribution in [3.8, 4) is 12.3 Å². The van der Waals surface area contributed by atoms with E-state index in [0.717, 1.165) is 14.5 Å². The molecule has 0 atom stereocenters. The van der Waals surface area contributed by atoms with E-state index in [1.165, 1.54) is 0 Å². The normalized spacial score (nSPS) is 8.90. The summed E-state index contributed by atoms with van der Waals surface area (Å²) in [5, 5.41) is 0. The molecule has 0 fully saturated rings. The van der Waals surface area contributed by atoms with Crippen molar-refractivity contribution in [2.45, 2.75) is 0 Å². The number of halogens is 2. The van der Waals surface area contributed by atoms with Gasteiger partial charge in [0.2, 0.25) is 0 Å². The third-order valence-corrected chi connectivity index (χ3v) is 2.24. The van der Waals surface area contributed by atoms with E-state index in [1.54, 1.807) is 0 Å². The molecule has 0 amide bonds. The predicted molar refractivity (Wildman–Crippen MR) is 49.8 cm³/mol. The molecule has 1 aromatic carbocycles. The molecule has 0 bridgehead atoms. The second-order valence-electron chi connectivity index (χ2n) is 1.77. The molecule has 0 aliphatic rings. The van der Waals surface area contributed by atoms with Gasteiger partial charge in [-0.15, -0.1) is 6.42 Å². The molecule has 1 aromatic rings. The lowest BCUT2D eigenvalue weighted by Gasteiger charge is -1.94. The van der Waals surface area contributed by atoms with Crippen molar-refractivity contribution in [1.29, 1.82) is 0 Å². The summed E-state index contributed by atoms with van der Waals surface area (Å²) in [6.07, 6.45) is 5.21. The van der Waals surface area contributed by atoms with E-state index >= 15 is 0 Å². The van der Waals surface area contributed by atoms with Gasteiger partial charge in [-0.3, -0.25) is 0 Å². The first kappa shape index (κ1) is 7.84. The van der Waals surface area contributed by atoms with Gasteiger partial charge in [-0.25, -0.2) is 0 Å². The first-order valence-corrected chi connectivity index (χ1v) is 4.24. The molecule has 50 valence electrons. The first-order valence-electron chi connectivity index (χ1n) is 2.65. The highest BCUT2D eigenvalue weighted by Crippen LogP contribution is 2.20. The molecular weight excluding hydrogens is 256 g/mol. The smallest absolute Gasteiger partial charge is 0.0385 e. The summed E-state index contributed by atoms with van der Waals surface area (Å²) in [7, 11) is 0. The Morgan fingerprint density at radius 1 is 1.30 bits per heavy atom. The molecule has 0 spiro atoms. The average Bonchev–Trinajstić information content (AvgIpc) is 1.88. The highest BCUT2D eigenvalue weighted by molar-refractivity contribution is 9.11. The summed E-state index contributed by atoms with van der Waals surface area (Å²) in [5.41, 5.74) is 0.878. The van der Waals surface area contributed by atoms with Crippen molar-refractivity contribution in [3.63, 3.8) is 0 Å². The van der Waals surface area contributed by atoms with Crippen LogP contribution in [-0.4, -0.2) is 0 Å². The van der Waals surface area contributed by atoms with E-state index in [0.29, 0.717) is 0 Å². The summed E-state index contributed by atoms with van der Waals surface area (Å²) < 4.78 is 1.97. The maximum Gasteiger partial charge on any atom is 0.0385 e. The highest BCUT2D eigenvalue weighted by Gasteiger charge is 1.94. The van der Waals surface area contributed by atoms with Crippen molar-refractivity contribution >= 4 is 31.9 Å². The van der Waals surface area contributed by atoms with E-state index in [-0.39, 0.29) is 0 Å². The SMILES string of the molecule is C#Cc1ccc(Br)cc1Br. The Hall–Kier alpha value is -0.260. The Morgan fingerprint density at radius 3 is 2.50 bits per heavy atom. The van der Waals surface area contributed by atoms with E-state index < -0.39 is 0 Å². The van der Waals surface area contributed by atoms with Gasteiger partial charge >= 0.3 is 0 Å². The zero-order chi connectivity index (χ0) is 7.56. The molecule has 0 aromatic heterocycles. The number of benzene rings is 1. The van der Waals surface area contributed by atoms with Crippen molar-refractivity contribution < 1.29 is 0 Å². The first-order chi connectivity index (χ1) is 4.74.